The van der Waals surface area contributed by atoms with E-state index in [-0.39, 0.29) is 52.9 Å². The first-order valence-electron chi connectivity index (χ1n) is 27.3. The Balaban J connectivity index is 0.000000182. The number of fused-ring (bicyclic) bond motifs is 22. The van der Waals surface area contributed by atoms with E-state index in [9.17, 15) is 61.1 Å². The molecule has 34 heteroatoms. The molecule has 96 heavy (non-hydrogen) atoms. The Morgan fingerprint density at radius 1 is 0.448 bits per heavy atom. The number of phenolic OH excluding ortho intramolecular Hbond substituents is 1. The van der Waals surface area contributed by atoms with Gasteiger partial charge in [-0.15, -0.1) is 10.2 Å². The second-order valence-electron chi connectivity index (χ2n) is 20.8. The van der Waals surface area contributed by atoms with E-state index in [2.05, 4.69) is 20.3 Å². The van der Waals surface area contributed by atoms with Gasteiger partial charge in [0.2, 0.25) is 10.0 Å². The number of anilines is 2. The number of carbonyl (C=O) groups excluding carboxylic acids is 1. The fourth-order valence-electron chi connectivity index (χ4n) is 9.96. The Kier molecular flexibility index (Phi) is 19.2. The number of phenols is 1. The van der Waals surface area contributed by atoms with Crippen molar-refractivity contribution in [3.8, 4) is 51.3 Å². The Labute approximate surface area is 558 Å². The normalized spacial score (nSPS) is 12.1. The summed E-state index contributed by atoms with van der Waals surface area (Å²) in [7, 11) is -21.0. The maximum atomic E-state index is 13.2. The number of aromatic hydroxyl groups is 1. The molecule has 1 amide bonds. The molecule has 8 bridgehead atoms. The quantitative estimate of drug-likeness (QED) is 0.0422. The fraction of sp³-hybridized carbons (Fsp3) is 0.0484. The molecule has 14 rings (SSSR count). The van der Waals surface area contributed by atoms with Crippen LogP contribution in [-0.2, 0) is 70.0 Å². The van der Waals surface area contributed by atoms with Crippen LogP contribution in [0.25, 0.3) is 111 Å². The van der Waals surface area contributed by atoms with E-state index >= 15 is 0 Å². The van der Waals surface area contributed by atoms with E-state index in [1.165, 1.54) is 24.3 Å². The molecule has 3 aromatic heterocycles. The zero-order chi connectivity index (χ0) is 67.9. The zero-order valence-corrected chi connectivity index (χ0v) is 56.8. The van der Waals surface area contributed by atoms with Gasteiger partial charge in [0.25, 0.3) is 46.4 Å². The van der Waals surface area contributed by atoms with Crippen molar-refractivity contribution < 1.29 is 89.7 Å². The van der Waals surface area contributed by atoms with Gasteiger partial charge in [0.05, 0.1) is 58.3 Å². The van der Waals surface area contributed by atoms with Crippen LogP contribution in [0, 0.1) is 0 Å². The Morgan fingerprint density at radius 2 is 0.844 bits per heavy atom. The number of rotatable bonds is 8. The minimum atomic E-state index is -5.10. The summed E-state index contributed by atoms with van der Waals surface area (Å²) in [6, 6.07) is 51.6. The molecule has 482 valence electrons. The summed E-state index contributed by atoms with van der Waals surface area (Å²) in [5.74, 6) is 0.459. The van der Waals surface area contributed by atoms with Gasteiger partial charge in [0.1, 0.15) is 10.6 Å². The molecular formula is C62H46N12O16S5Zn. The molecule has 0 unspecified atom stereocenters. The SMILES string of the molecule is CS(=O)(=O)Nc1ccc(C(=O)Nc2cc(S(=O)(=O)O)cc3cc(S(=O)(=O)O)c(N=Nc4cccc5ccccc45)c(O)c23)cc1.CS(=O)(=O)O.CS(=O)(=O)O.[Zn+2].c1ccc2c(c1)-c1nc-2nc2[n-]c(nc3nc(nc4[n-]c(n1)c1ccccc41)-c1ccccc1-3)c1ccccc21. The second kappa shape index (κ2) is 26.9. The van der Waals surface area contributed by atoms with E-state index in [0.29, 0.717) is 63.8 Å². The summed E-state index contributed by atoms with van der Waals surface area (Å²) >= 11 is 0. The molecule has 2 aliphatic heterocycles. The third kappa shape index (κ3) is 15.8. The van der Waals surface area contributed by atoms with Gasteiger partial charge in [-0.1, -0.05) is 133 Å². The third-order valence-corrected chi connectivity index (χ3v) is 16.1. The summed E-state index contributed by atoms with van der Waals surface area (Å²) in [6.07, 6.45) is 2.37. The number of sulfonamides is 1. The van der Waals surface area contributed by atoms with Crippen molar-refractivity contribution in [1.29, 1.82) is 0 Å². The van der Waals surface area contributed by atoms with Crippen molar-refractivity contribution in [1.82, 2.24) is 39.9 Å². The largest absolute Gasteiger partial charge is 2.00 e. The summed E-state index contributed by atoms with van der Waals surface area (Å²) in [6.45, 7) is 0. The number of nitrogens with zero attached hydrogens (tertiary/aromatic N) is 10. The molecule has 0 saturated heterocycles. The molecule has 0 fully saturated rings. The van der Waals surface area contributed by atoms with Gasteiger partial charge >= 0.3 is 19.5 Å². The minimum absolute atomic E-state index is 0. The topological polar surface area (TPSA) is 443 Å². The molecule has 0 saturated carbocycles. The molecule has 7 N–H and O–H groups in total. The van der Waals surface area contributed by atoms with Crippen molar-refractivity contribution in [3.63, 3.8) is 0 Å². The Morgan fingerprint density at radius 3 is 1.25 bits per heavy atom. The Bertz CT molecular complexity index is 5610. The van der Waals surface area contributed by atoms with Crippen LogP contribution in [0.4, 0.5) is 22.7 Å². The number of carbonyl (C=O) groups is 1. The van der Waals surface area contributed by atoms with Crippen LogP contribution < -0.4 is 20.0 Å². The predicted octanol–water partition coefficient (Wildman–Crippen LogP) is 10.4. The molecule has 0 radical (unpaired) electrons. The summed E-state index contributed by atoms with van der Waals surface area (Å²) in [4.78, 5) is 50.7. The molecule has 5 heterocycles. The molecule has 0 atom stereocenters. The van der Waals surface area contributed by atoms with Crippen LogP contribution in [-0.4, -0.2) is 120 Å². The molecule has 12 aromatic rings. The van der Waals surface area contributed by atoms with Gasteiger partial charge in [0.15, 0.2) is 5.75 Å². The van der Waals surface area contributed by atoms with E-state index < -0.39 is 77.6 Å². The smallest absolute Gasteiger partial charge is 0.505 e. The van der Waals surface area contributed by atoms with Crippen molar-refractivity contribution in [2.24, 2.45) is 10.2 Å². The van der Waals surface area contributed by atoms with E-state index in [4.69, 9.17) is 49.0 Å². The van der Waals surface area contributed by atoms with E-state index in [1.54, 1.807) is 30.3 Å². The van der Waals surface area contributed by atoms with Crippen molar-refractivity contribution in [3.05, 3.63) is 188 Å². The van der Waals surface area contributed by atoms with Gasteiger partial charge in [0, 0.05) is 66.9 Å². The summed E-state index contributed by atoms with van der Waals surface area (Å²) < 4.78 is 146. The second-order valence-corrected chi connectivity index (χ2v) is 28.3. The summed E-state index contributed by atoms with van der Waals surface area (Å²) in [5, 5.41) is 26.1. The Hall–Kier alpha value is -10.3. The first-order valence-corrected chi connectivity index (χ1v) is 35.8. The van der Waals surface area contributed by atoms with Crippen molar-refractivity contribution >= 4 is 145 Å². The fourth-order valence-corrected chi connectivity index (χ4v) is 11.7. The predicted molar refractivity (Wildman–Crippen MR) is 355 cm³/mol. The average molecular weight is 1440 g/mol. The van der Waals surface area contributed by atoms with Gasteiger partial charge < -0.3 is 40.3 Å². The van der Waals surface area contributed by atoms with Gasteiger partial charge in [-0.25, -0.2) is 18.4 Å². The maximum Gasteiger partial charge on any atom is 2.00 e. The standard InChI is InChI=1S/C32H16N8.C28H22N4O10S3.2CH4O3S.Zn/c1-2-10-18-17(9-1)25-33-26(18)38-28-21-13-5-6-14-22(21)30(35-28)40-32-24-16-8-7-15-23(24)31(36-32)39-29-20-12-4-3-11-19(20)27(34-29)37-25;1-43(35,36)32-19-11-9-17(10-12-19)28(34)29-23-15-20(44(37,38)39)13-18-14-24(45(40,41)42)26(27(33)25(18)23)31-30-22-8-4-6-16-5-2-3-7-21(16)22;2*1-5(2,3)4;/h1-16H;2-15,32-33H,1H3,(H,29,34)(H,37,38,39)(H,40,41,42);2*1H3,(H,2,3,4);/q-2;;;;+2. The number of hydrogen-bond donors (Lipinski definition) is 7. The first kappa shape index (κ1) is 68.6. The molecule has 28 nitrogen and oxygen atoms in total. The maximum absolute atomic E-state index is 13.2. The average Bonchev–Trinajstić information content (AvgIpc) is 1.11. The third-order valence-electron chi connectivity index (χ3n) is 13.8. The van der Waals surface area contributed by atoms with Gasteiger partial charge in [-0.2, -0.15) is 33.7 Å². The van der Waals surface area contributed by atoms with Crippen LogP contribution in [0.3, 0.4) is 0 Å². The van der Waals surface area contributed by atoms with Crippen LogP contribution in [0.15, 0.2) is 202 Å². The van der Waals surface area contributed by atoms with Crippen molar-refractivity contribution in [2.45, 2.75) is 9.79 Å². The first-order chi connectivity index (χ1) is 44.8. The monoisotopic (exact) mass is 1440 g/mol. The minimum Gasteiger partial charge on any atom is -0.505 e. The number of hydrogen-bond acceptors (Lipinski definition) is 20. The number of benzene rings is 9. The van der Waals surface area contributed by atoms with E-state index in [0.717, 1.165) is 73.6 Å². The van der Waals surface area contributed by atoms with Gasteiger partial charge in [-0.05, 0) is 80.8 Å². The molecule has 9 aromatic carbocycles. The number of amides is 1. The van der Waals surface area contributed by atoms with Crippen LogP contribution in [0.2, 0.25) is 0 Å². The van der Waals surface area contributed by atoms with E-state index in [1.807, 2.05) is 109 Å². The molecule has 0 spiro atoms. The van der Waals surface area contributed by atoms with Gasteiger partial charge in [-0.3, -0.25) is 27.7 Å². The number of nitrogens with one attached hydrogen (secondary N) is 2. The molecule has 0 aliphatic carbocycles. The number of azo groups is 1. The molecular weight excluding hydrogens is 1390 g/mol. The van der Waals surface area contributed by atoms with Crippen molar-refractivity contribution in [2.75, 3.05) is 28.8 Å². The molecule has 2 aliphatic rings. The number of aromatic nitrogens is 8. The zero-order valence-electron chi connectivity index (χ0n) is 49.8. The summed E-state index contributed by atoms with van der Waals surface area (Å²) in [5.41, 5.74) is 5.10. The van der Waals surface area contributed by atoms with Crippen LogP contribution >= 0.6 is 0 Å². The van der Waals surface area contributed by atoms with Crippen LogP contribution in [0.5, 0.6) is 5.75 Å². The van der Waals surface area contributed by atoms with Crippen LogP contribution in [0.1, 0.15) is 10.4 Å².